The van der Waals surface area contributed by atoms with Gasteiger partial charge in [-0.1, -0.05) is 17.3 Å². The lowest BCUT2D eigenvalue weighted by molar-refractivity contribution is -0.140. The fourth-order valence-corrected chi connectivity index (χ4v) is 5.88. The van der Waals surface area contributed by atoms with Gasteiger partial charge in [0, 0.05) is 12.1 Å². The maximum Gasteiger partial charge on any atom is 0.303 e. The minimum atomic E-state index is -0.935. The molecule has 1 amide bonds. The lowest BCUT2D eigenvalue weighted by Gasteiger charge is -2.55. The molecular formula is C21H26N2O4. The molecule has 4 aliphatic carbocycles. The van der Waals surface area contributed by atoms with Crippen molar-refractivity contribution in [3.8, 4) is 0 Å². The third-order valence-electron chi connectivity index (χ3n) is 6.69. The number of amides is 1. The summed E-state index contributed by atoms with van der Waals surface area (Å²) in [7, 11) is 0. The van der Waals surface area contributed by atoms with Crippen molar-refractivity contribution in [2.75, 3.05) is 5.32 Å². The molecule has 0 saturated heterocycles. The standard InChI is InChI=1S/C21H26N2O4/c24-19(25)6-5-18(23-27)16-1-3-17(4-2-16)22-20(26)21-10-13-7-14(11-21)9-15(8-13)12-21/h1-4,13-15,27H,5-12H2,(H,22,26)(H,24,25)/b23-18-. The first-order valence-electron chi connectivity index (χ1n) is 9.82. The molecule has 4 aliphatic rings. The van der Waals surface area contributed by atoms with Crippen LogP contribution in [-0.4, -0.2) is 27.9 Å². The van der Waals surface area contributed by atoms with Crippen molar-refractivity contribution >= 4 is 23.3 Å². The molecule has 4 saturated carbocycles. The zero-order chi connectivity index (χ0) is 19.0. The van der Waals surface area contributed by atoms with Crippen molar-refractivity contribution in [3.05, 3.63) is 29.8 Å². The summed E-state index contributed by atoms with van der Waals surface area (Å²) in [5, 5.41) is 24.2. The number of aliphatic carboxylic acids is 1. The number of carboxylic acids is 1. The first kappa shape index (κ1) is 18.0. The van der Waals surface area contributed by atoms with Gasteiger partial charge >= 0.3 is 5.97 Å². The zero-order valence-electron chi connectivity index (χ0n) is 15.4. The number of carboxylic acid groups (broad SMARTS) is 1. The molecule has 6 heteroatoms. The third-order valence-corrected chi connectivity index (χ3v) is 6.69. The van der Waals surface area contributed by atoms with Gasteiger partial charge in [-0.25, -0.2) is 0 Å². The predicted molar refractivity (Wildman–Crippen MR) is 101 cm³/mol. The maximum atomic E-state index is 13.1. The molecule has 0 unspecified atom stereocenters. The highest BCUT2D eigenvalue weighted by molar-refractivity contribution is 6.02. The lowest BCUT2D eigenvalue weighted by Crippen LogP contribution is -2.51. The summed E-state index contributed by atoms with van der Waals surface area (Å²) in [4.78, 5) is 23.8. The van der Waals surface area contributed by atoms with E-state index in [0.717, 1.165) is 42.7 Å². The van der Waals surface area contributed by atoms with Gasteiger partial charge in [0.05, 0.1) is 17.5 Å². The van der Waals surface area contributed by atoms with Crippen LogP contribution in [0.4, 0.5) is 5.69 Å². The van der Waals surface area contributed by atoms with E-state index in [-0.39, 0.29) is 24.2 Å². The molecule has 4 fully saturated rings. The van der Waals surface area contributed by atoms with E-state index in [0.29, 0.717) is 11.3 Å². The minimum Gasteiger partial charge on any atom is -0.481 e. The Morgan fingerprint density at radius 2 is 1.56 bits per heavy atom. The fourth-order valence-electron chi connectivity index (χ4n) is 5.88. The molecule has 4 bridgehead atoms. The molecule has 27 heavy (non-hydrogen) atoms. The van der Waals surface area contributed by atoms with Crippen molar-refractivity contribution < 1.29 is 19.9 Å². The number of rotatable bonds is 6. The molecule has 0 heterocycles. The summed E-state index contributed by atoms with van der Waals surface area (Å²) in [6.07, 6.45) is 7.06. The highest BCUT2D eigenvalue weighted by atomic mass is 16.4. The van der Waals surface area contributed by atoms with Gasteiger partial charge in [0.2, 0.25) is 5.91 Å². The van der Waals surface area contributed by atoms with E-state index in [4.69, 9.17) is 10.3 Å². The quantitative estimate of drug-likeness (QED) is 0.402. The van der Waals surface area contributed by atoms with Crippen LogP contribution >= 0.6 is 0 Å². The molecule has 144 valence electrons. The molecule has 0 atom stereocenters. The summed E-state index contributed by atoms with van der Waals surface area (Å²) < 4.78 is 0. The molecule has 0 aliphatic heterocycles. The van der Waals surface area contributed by atoms with Crippen LogP contribution in [0.5, 0.6) is 0 Å². The second-order valence-corrected chi connectivity index (χ2v) is 8.67. The number of oxime groups is 1. The second kappa shape index (κ2) is 6.98. The molecule has 0 aromatic heterocycles. The number of hydrogen-bond donors (Lipinski definition) is 3. The van der Waals surface area contributed by atoms with E-state index >= 15 is 0 Å². The van der Waals surface area contributed by atoms with Crippen LogP contribution in [0.25, 0.3) is 0 Å². The van der Waals surface area contributed by atoms with Gasteiger partial charge in [0.25, 0.3) is 0 Å². The van der Waals surface area contributed by atoms with E-state index in [1.165, 1.54) is 19.3 Å². The average molecular weight is 370 g/mol. The van der Waals surface area contributed by atoms with E-state index in [1.54, 1.807) is 24.3 Å². The van der Waals surface area contributed by atoms with Crippen LogP contribution in [0.1, 0.15) is 56.9 Å². The van der Waals surface area contributed by atoms with Crippen molar-refractivity contribution in [1.29, 1.82) is 0 Å². The smallest absolute Gasteiger partial charge is 0.303 e. The van der Waals surface area contributed by atoms with E-state index in [9.17, 15) is 9.59 Å². The summed E-state index contributed by atoms with van der Waals surface area (Å²) >= 11 is 0. The summed E-state index contributed by atoms with van der Waals surface area (Å²) in [5.74, 6) is 1.39. The van der Waals surface area contributed by atoms with Crippen LogP contribution in [0.15, 0.2) is 29.4 Å². The van der Waals surface area contributed by atoms with E-state index in [2.05, 4.69) is 10.5 Å². The minimum absolute atomic E-state index is 0.0934. The Kier molecular flexibility index (Phi) is 4.66. The maximum absolute atomic E-state index is 13.1. The lowest BCUT2D eigenvalue weighted by atomic mass is 9.49. The van der Waals surface area contributed by atoms with Gasteiger partial charge in [0.1, 0.15) is 0 Å². The monoisotopic (exact) mass is 370 g/mol. The summed E-state index contributed by atoms with van der Waals surface area (Å²) in [5.41, 5.74) is 1.53. The molecule has 1 aromatic carbocycles. The molecule has 0 radical (unpaired) electrons. The molecule has 5 rings (SSSR count). The highest BCUT2D eigenvalue weighted by Crippen LogP contribution is 2.60. The van der Waals surface area contributed by atoms with Crippen molar-refractivity contribution in [2.45, 2.75) is 51.4 Å². The second-order valence-electron chi connectivity index (χ2n) is 8.67. The van der Waals surface area contributed by atoms with Crippen LogP contribution in [0.2, 0.25) is 0 Å². The number of hydrogen-bond acceptors (Lipinski definition) is 4. The van der Waals surface area contributed by atoms with Gasteiger partial charge < -0.3 is 15.6 Å². The van der Waals surface area contributed by atoms with Gasteiger partial charge in [-0.15, -0.1) is 0 Å². The number of nitrogens with one attached hydrogen (secondary N) is 1. The topological polar surface area (TPSA) is 99.0 Å². The van der Waals surface area contributed by atoms with Crippen LogP contribution in [0.3, 0.4) is 0 Å². The van der Waals surface area contributed by atoms with Gasteiger partial charge in [-0.2, -0.15) is 0 Å². The zero-order valence-corrected chi connectivity index (χ0v) is 15.4. The van der Waals surface area contributed by atoms with Crippen molar-refractivity contribution in [3.63, 3.8) is 0 Å². The predicted octanol–water partition coefficient (Wildman–Crippen LogP) is 3.88. The Morgan fingerprint density at radius 1 is 1.00 bits per heavy atom. The number of benzene rings is 1. The van der Waals surface area contributed by atoms with Crippen LogP contribution < -0.4 is 5.32 Å². The largest absolute Gasteiger partial charge is 0.481 e. The molecule has 3 N–H and O–H groups in total. The molecular weight excluding hydrogens is 344 g/mol. The SMILES string of the molecule is O=C(O)CC/C(=N/O)c1ccc(NC(=O)C23CC4CC(CC(C4)C2)C3)cc1. The number of anilines is 1. The Bertz CT molecular complexity index is 734. The fraction of sp³-hybridized carbons (Fsp3) is 0.571. The van der Waals surface area contributed by atoms with Crippen LogP contribution in [-0.2, 0) is 9.59 Å². The molecule has 1 aromatic rings. The first-order chi connectivity index (χ1) is 13.0. The van der Waals surface area contributed by atoms with E-state index < -0.39 is 5.97 Å². The highest BCUT2D eigenvalue weighted by Gasteiger charge is 2.54. The van der Waals surface area contributed by atoms with Crippen LogP contribution in [0, 0.1) is 23.2 Å². The average Bonchev–Trinajstić information content (AvgIpc) is 2.62. The number of carbonyl (C=O) groups is 2. The Hall–Kier alpha value is -2.37. The number of nitrogens with zero attached hydrogens (tertiary/aromatic N) is 1. The van der Waals surface area contributed by atoms with Crippen molar-refractivity contribution in [2.24, 2.45) is 28.3 Å². The molecule has 6 nitrogen and oxygen atoms in total. The van der Waals surface area contributed by atoms with Crippen molar-refractivity contribution in [1.82, 2.24) is 0 Å². The first-order valence-corrected chi connectivity index (χ1v) is 9.82. The Labute approximate surface area is 158 Å². The van der Waals surface area contributed by atoms with E-state index in [1.807, 2.05) is 0 Å². The Morgan fingerprint density at radius 3 is 2.04 bits per heavy atom. The van der Waals surface area contributed by atoms with Gasteiger partial charge in [0.15, 0.2) is 0 Å². The van der Waals surface area contributed by atoms with Gasteiger partial charge in [-0.05, 0) is 74.0 Å². The van der Waals surface area contributed by atoms with Gasteiger partial charge in [-0.3, -0.25) is 9.59 Å². The third kappa shape index (κ3) is 3.57. The summed E-state index contributed by atoms with van der Waals surface area (Å²) in [6.45, 7) is 0. The molecule has 0 spiro atoms. The normalized spacial score (nSPS) is 31.7. The Balaban J connectivity index is 1.43. The summed E-state index contributed by atoms with van der Waals surface area (Å²) in [6, 6.07) is 7.10. The number of carbonyl (C=O) groups excluding carboxylic acids is 1.